The number of carbonyl (C=O) groups excluding carboxylic acids is 1. The zero-order valence-electron chi connectivity index (χ0n) is 18.1. The van der Waals surface area contributed by atoms with E-state index < -0.39 is 15.4 Å². The topological polar surface area (TPSA) is 75.7 Å². The van der Waals surface area contributed by atoms with Gasteiger partial charge in [0.2, 0.25) is 15.9 Å². The number of nitrogens with one attached hydrogen (secondary N) is 1. The van der Waals surface area contributed by atoms with Gasteiger partial charge in [-0.2, -0.15) is 0 Å². The van der Waals surface area contributed by atoms with Crippen LogP contribution in [0.1, 0.15) is 43.7 Å². The van der Waals surface area contributed by atoms with Gasteiger partial charge in [0.25, 0.3) is 0 Å². The Hall–Kier alpha value is -2.38. The maximum Gasteiger partial charge on any atom is 0.246 e. The molecular weight excluding hydrogens is 400 g/mol. The molecule has 2 aromatic carbocycles. The number of aryl methyl sites for hydroxylation is 1. The molecule has 3 rings (SSSR count). The molecule has 1 aliphatic rings. The first-order valence-corrected chi connectivity index (χ1v) is 11.7. The molecule has 0 radical (unpaired) electrons. The number of amides is 1. The first kappa shape index (κ1) is 22.3. The summed E-state index contributed by atoms with van der Waals surface area (Å²) in [5, 5.41) is 2.99. The second-order valence-corrected chi connectivity index (χ2v) is 10.1. The predicted octanol–water partition coefficient (Wildman–Crippen LogP) is 4.09. The van der Waals surface area contributed by atoms with Gasteiger partial charge >= 0.3 is 0 Å². The fraction of sp³-hybridized carbons (Fsp3) is 0.435. The second-order valence-electron chi connectivity index (χ2n) is 7.99. The van der Waals surface area contributed by atoms with E-state index in [-0.39, 0.29) is 16.6 Å². The summed E-state index contributed by atoms with van der Waals surface area (Å²) in [6.45, 7) is 4.17. The Kier molecular flexibility index (Phi) is 6.53. The number of carbonyl (C=O) groups is 1. The van der Waals surface area contributed by atoms with Crippen LogP contribution in [-0.4, -0.2) is 39.3 Å². The average Bonchev–Trinajstić information content (AvgIpc) is 3.20. The molecule has 0 spiro atoms. The molecule has 0 unspecified atom stereocenters. The normalized spacial score (nSPS) is 15.9. The molecule has 0 saturated heterocycles. The summed E-state index contributed by atoms with van der Waals surface area (Å²) in [7, 11) is -0.775. The molecule has 0 bridgehead atoms. The minimum atomic E-state index is -3.72. The lowest BCUT2D eigenvalue weighted by molar-refractivity contribution is -0.121. The molecule has 1 amide bonds. The first-order chi connectivity index (χ1) is 14.2. The Morgan fingerprint density at radius 1 is 1.13 bits per heavy atom. The molecule has 1 aliphatic carbocycles. The van der Waals surface area contributed by atoms with Crippen LogP contribution in [0, 0.1) is 6.92 Å². The minimum absolute atomic E-state index is 0.0446. The molecular formula is C23H30N2O4S. The number of hydrogen-bond donors (Lipinski definition) is 1. The number of anilines is 1. The van der Waals surface area contributed by atoms with Gasteiger partial charge in [0, 0.05) is 19.8 Å². The molecule has 6 nitrogen and oxygen atoms in total. The van der Waals surface area contributed by atoms with Crippen molar-refractivity contribution in [3.05, 3.63) is 53.6 Å². The van der Waals surface area contributed by atoms with E-state index in [0.29, 0.717) is 12.3 Å². The Morgan fingerprint density at radius 2 is 1.83 bits per heavy atom. The van der Waals surface area contributed by atoms with Gasteiger partial charge in [-0.1, -0.05) is 42.7 Å². The molecule has 7 heteroatoms. The highest BCUT2D eigenvalue weighted by atomic mass is 32.2. The summed E-state index contributed by atoms with van der Waals surface area (Å²) in [6.07, 6.45) is 3.54. The molecule has 2 aromatic rings. The molecule has 1 saturated carbocycles. The Morgan fingerprint density at radius 3 is 2.43 bits per heavy atom. The van der Waals surface area contributed by atoms with Crippen molar-refractivity contribution in [2.75, 3.05) is 26.0 Å². The molecule has 0 aliphatic heterocycles. The highest BCUT2D eigenvalue weighted by Crippen LogP contribution is 2.42. The van der Waals surface area contributed by atoms with Crippen LogP contribution in [0.3, 0.4) is 0 Å². The van der Waals surface area contributed by atoms with Crippen LogP contribution in [0.5, 0.6) is 5.75 Å². The molecule has 0 aromatic heterocycles. The van der Waals surface area contributed by atoms with Crippen molar-refractivity contribution in [3.63, 3.8) is 0 Å². The monoisotopic (exact) mass is 430 g/mol. The van der Waals surface area contributed by atoms with Crippen molar-refractivity contribution in [3.8, 4) is 5.75 Å². The standard InChI is InChI=1S/C23H30N2O4S/c1-5-29-20-12-11-19(16-21(20)30(27,28)25(3)4)24-22(26)23(13-6-7-14-23)18-10-8-9-17(2)15-18/h8-12,15-16H,5-7,13-14H2,1-4H3,(H,24,26). The molecule has 0 heterocycles. The van der Waals surface area contributed by atoms with E-state index in [0.717, 1.165) is 41.1 Å². The van der Waals surface area contributed by atoms with E-state index in [9.17, 15) is 13.2 Å². The van der Waals surface area contributed by atoms with Crippen molar-refractivity contribution in [2.24, 2.45) is 0 Å². The van der Waals surface area contributed by atoms with E-state index >= 15 is 0 Å². The van der Waals surface area contributed by atoms with Crippen molar-refractivity contribution < 1.29 is 17.9 Å². The highest BCUT2D eigenvalue weighted by Gasteiger charge is 2.42. The van der Waals surface area contributed by atoms with E-state index in [1.54, 1.807) is 19.1 Å². The molecule has 1 N–H and O–H groups in total. The Balaban J connectivity index is 1.98. The summed E-state index contributed by atoms with van der Waals surface area (Å²) in [5.41, 5.74) is 1.99. The van der Waals surface area contributed by atoms with Crippen LogP contribution in [0.4, 0.5) is 5.69 Å². The van der Waals surface area contributed by atoms with Crippen LogP contribution in [-0.2, 0) is 20.2 Å². The fourth-order valence-corrected chi connectivity index (χ4v) is 5.13. The number of hydrogen-bond acceptors (Lipinski definition) is 4. The van der Waals surface area contributed by atoms with E-state index in [1.165, 1.54) is 20.2 Å². The van der Waals surface area contributed by atoms with Crippen molar-refractivity contribution >= 4 is 21.6 Å². The number of sulfonamides is 1. The summed E-state index contributed by atoms with van der Waals surface area (Å²) in [4.78, 5) is 13.5. The molecule has 162 valence electrons. The van der Waals surface area contributed by atoms with Crippen LogP contribution in [0.25, 0.3) is 0 Å². The van der Waals surface area contributed by atoms with Gasteiger partial charge in [-0.15, -0.1) is 0 Å². The smallest absolute Gasteiger partial charge is 0.246 e. The summed E-state index contributed by atoms with van der Waals surface area (Å²) >= 11 is 0. The molecule has 30 heavy (non-hydrogen) atoms. The van der Waals surface area contributed by atoms with Crippen LogP contribution in [0.2, 0.25) is 0 Å². The van der Waals surface area contributed by atoms with Gasteiger partial charge in [-0.25, -0.2) is 12.7 Å². The van der Waals surface area contributed by atoms with Gasteiger partial charge < -0.3 is 10.1 Å². The largest absolute Gasteiger partial charge is 0.492 e. The van der Waals surface area contributed by atoms with E-state index in [4.69, 9.17) is 4.74 Å². The zero-order chi connectivity index (χ0) is 21.9. The number of nitrogens with zero attached hydrogens (tertiary/aromatic N) is 1. The third-order valence-corrected chi connectivity index (χ3v) is 7.56. The summed E-state index contributed by atoms with van der Waals surface area (Å²) in [6, 6.07) is 12.9. The van der Waals surface area contributed by atoms with Gasteiger partial charge in [-0.05, 0) is 50.5 Å². The molecule has 1 fully saturated rings. The quantitative estimate of drug-likeness (QED) is 0.718. The third-order valence-electron chi connectivity index (χ3n) is 5.72. The summed E-state index contributed by atoms with van der Waals surface area (Å²) in [5.74, 6) is 0.182. The Labute approximate surface area is 179 Å². The van der Waals surface area contributed by atoms with Crippen LogP contribution < -0.4 is 10.1 Å². The van der Waals surface area contributed by atoms with Crippen molar-refractivity contribution in [1.29, 1.82) is 0 Å². The predicted molar refractivity (Wildman–Crippen MR) is 118 cm³/mol. The fourth-order valence-electron chi connectivity index (χ4n) is 4.08. The lowest BCUT2D eigenvalue weighted by Gasteiger charge is -2.29. The van der Waals surface area contributed by atoms with Crippen LogP contribution in [0.15, 0.2) is 47.4 Å². The SMILES string of the molecule is CCOc1ccc(NC(=O)C2(c3cccc(C)c3)CCCC2)cc1S(=O)(=O)N(C)C. The Bertz CT molecular complexity index is 1030. The number of ether oxygens (including phenoxy) is 1. The van der Waals surface area contributed by atoms with Crippen molar-refractivity contribution in [1.82, 2.24) is 4.31 Å². The second kappa shape index (κ2) is 8.78. The maximum atomic E-state index is 13.5. The van der Waals surface area contributed by atoms with Gasteiger partial charge in [0.05, 0.1) is 12.0 Å². The van der Waals surface area contributed by atoms with Gasteiger partial charge in [0.15, 0.2) is 0 Å². The first-order valence-electron chi connectivity index (χ1n) is 10.3. The maximum absolute atomic E-state index is 13.5. The van der Waals surface area contributed by atoms with Gasteiger partial charge in [-0.3, -0.25) is 4.79 Å². The number of benzene rings is 2. The van der Waals surface area contributed by atoms with E-state index in [2.05, 4.69) is 11.4 Å². The number of rotatable bonds is 7. The summed E-state index contributed by atoms with van der Waals surface area (Å²) < 4.78 is 32.2. The van der Waals surface area contributed by atoms with Crippen molar-refractivity contribution in [2.45, 2.75) is 49.8 Å². The highest BCUT2D eigenvalue weighted by molar-refractivity contribution is 7.89. The lowest BCUT2D eigenvalue weighted by Crippen LogP contribution is -2.38. The minimum Gasteiger partial charge on any atom is -0.492 e. The average molecular weight is 431 g/mol. The van der Waals surface area contributed by atoms with E-state index in [1.807, 2.05) is 25.1 Å². The lowest BCUT2D eigenvalue weighted by atomic mass is 9.77. The zero-order valence-corrected chi connectivity index (χ0v) is 18.9. The molecule has 0 atom stereocenters. The third kappa shape index (κ3) is 4.23. The van der Waals surface area contributed by atoms with Gasteiger partial charge in [0.1, 0.15) is 10.6 Å². The van der Waals surface area contributed by atoms with Crippen LogP contribution >= 0.6 is 0 Å².